The van der Waals surface area contributed by atoms with Gasteiger partial charge in [-0.3, -0.25) is 14.3 Å². The molecule has 2 heterocycles. The van der Waals surface area contributed by atoms with Gasteiger partial charge in [0.25, 0.3) is 16.7 Å². The van der Waals surface area contributed by atoms with E-state index in [-0.39, 0.29) is 23.6 Å². The Morgan fingerprint density at radius 1 is 1.12 bits per heavy atom. The first-order valence-corrected chi connectivity index (χ1v) is 11.8. The van der Waals surface area contributed by atoms with Gasteiger partial charge >= 0.3 is 0 Å². The van der Waals surface area contributed by atoms with Crippen molar-refractivity contribution in [2.45, 2.75) is 25.5 Å². The zero-order valence-electron chi connectivity index (χ0n) is 19.1. The fraction of sp³-hybridized carbons (Fsp3) is 0.250. The topological polar surface area (TPSA) is 104 Å². The highest BCUT2D eigenvalue weighted by Gasteiger charge is 2.18. The van der Waals surface area contributed by atoms with Crippen molar-refractivity contribution in [1.29, 1.82) is 0 Å². The van der Waals surface area contributed by atoms with Crippen LogP contribution in [-0.2, 0) is 11.8 Å². The molecule has 9 nitrogen and oxygen atoms in total. The fourth-order valence-corrected chi connectivity index (χ4v) is 4.15. The molecule has 4 aromatic rings. The van der Waals surface area contributed by atoms with E-state index in [1.165, 1.54) is 16.4 Å². The number of ether oxygens (including phenoxy) is 1. The van der Waals surface area contributed by atoms with Crippen LogP contribution in [0.3, 0.4) is 0 Å². The number of carbonyl (C=O) groups excluding carboxylic acids is 1. The lowest BCUT2D eigenvalue weighted by molar-refractivity contribution is -0.115. The van der Waals surface area contributed by atoms with Gasteiger partial charge < -0.3 is 14.5 Å². The highest BCUT2D eigenvalue weighted by Crippen LogP contribution is 2.30. The molecule has 0 saturated carbocycles. The number of hydrogen-bond acceptors (Lipinski definition) is 7. The lowest BCUT2D eigenvalue weighted by Crippen LogP contribution is -2.23. The summed E-state index contributed by atoms with van der Waals surface area (Å²) in [5, 5.41) is 11.3. The van der Waals surface area contributed by atoms with Crippen molar-refractivity contribution in [2.24, 2.45) is 7.05 Å². The van der Waals surface area contributed by atoms with Gasteiger partial charge in [-0.1, -0.05) is 42.1 Å². The van der Waals surface area contributed by atoms with E-state index in [2.05, 4.69) is 15.5 Å². The van der Waals surface area contributed by atoms with Crippen molar-refractivity contribution in [3.63, 3.8) is 0 Å². The number of nitrogens with one attached hydrogen (secondary N) is 1. The lowest BCUT2D eigenvalue weighted by Gasteiger charge is -2.07. The van der Waals surface area contributed by atoms with Crippen LogP contribution in [0.15, 0.2) is 69.0 Å². The third-order valence-electron chi connectivity index (χ3n) is 5.20. The van der Waals surface area contributed by atoms with E-state index < -0.39 is 0 Å². The second kappa shape index (κ2) is 10.4. The minimum atomic E-state index is -0.276. The number of rotatable bonds is 9. The van der Waals surface area contributed by atoms with E-state index >= 15 is 0 Å². The van der Waals surface area contributed by atoms with Gasteiger partial charge in [0.1, 0.15) is 11.4 Å². The molecule has 0 fully saturated rings. The zero-order chi connectivity index (χ0) is 24.1. The highest BCUT2D eigenvalue weighted by atomic mass is 32.2. The molecule has 10 heteroatoms. The van der Waals surface area contributed by atoms with Crippen LogP contribution in [-0.4, -0.2) is 37.8 Å². The maximum absolute atomic E-state index is 12.9. The van der Waals surface area contributed by atoms with Crippen LogP contribution in [0, 0.1) is 6.92 Å². The first kappa shape index (κ1) is 23.4. The normalized spacial score (nSPS) is 10.9. The van der Waals surface area contributed by atoms with Crippen molar-refractivity contribution in [2.75, 3.05) is 17.7 Å². The Bertz CT molecular complexity index is 1340. The Kier molecular flexibility index (Phi) is 7.17. The molecule has 1 N–H and O–H groups in total. The monoisotopic (exact) mass is 479 g/mol. The molecular weight excluding hydrogens is 454 g/mol. The molecule has 0 spiro atoms. The molecular formula is C24H25N5O4S. The van der Waals surface area contributed by atoms with Gasteiger partial charge in [0, 0.05) is 19.2 Å². The molecule has 0 saturated heterocycles. The Morgan fingerprint density at radius 2 is 1.85 bits per heavy atom. The van der Waals surface area contributed by atoms with E-state index in [0.717, 1.165) is 11.3 Å². The number of aromatic nitrogens is 4. The van der Waals surface area contributed by atoms with E-state index in [0.29, 0.717) is 34.9 Å². The number of para-hydroxylation sites is 2. The van der Waals surface area contributed by atoms with Crippen LogP contribution >= 0.6 is 11.8 Å². The van der Waals surface area contributed by atoms with Crippen LogP contribution in [0.25, 0.3) is 17.1 Å². The second-order valence-electron chi connectivity index (χ2n) is 7.39. The molecule has 4 rings (SSSR count). The fourth-order valence-electron chi connectivity index (χ4n) is 3.45. The standard InChI is InChI=1S/C24H25N5O4S/c1-4-32-19-13-9-8-12-18(19)22-26-27-24(33-22)34-15-14-20(30)25-21-16(2)28(3)29(23(21)31)17-10-6-5-7-11-17/h5-13H,4,14-15H2,1-3H3,(H,25,30). The first-order valence-electron chi connectivity index (χ1n) is 10.8. The average molecular weight is 480 g/mol. The van der Waals surface area contributed by atoms with Crippen LogP contribution < -0.4 is 15.6 Å². The SMILES string of the molecule is CCOc1ccccc1-c1nnc(SCCC(=O)Nc2c(C)n(C)n(-c3ccccc3)c2=O)o1. The van der Waals surface area contributed by atoms with Crippen molar-refractivity contribution in [3.05, 3.63) is 70.6 Å². The van der Waals surface area contributed by atoms with Gasteiger partial charge in [0.05, 0.1) is 23.6 Å². The molecule has 0 bridgehead atoms. The molecule has 0 aliphatic heterocycles. The van der Waals surface area contributed by atoms with Crippen molar-refractivity contribution >= 4 is 23.4 Å². The molecule has 0 unspecified atom stereocenters. The lowest BCUT2D eigenvalue weighted by atomic mass is 10.2. The van der Waals surface area contributed by atoms with Crippen molar-refractivity contribution < 1.29 is 13.9 Å². The largest absolute Gasteiger partial charge is 0.493 e. The van der Waals surface area contributed by atoms with E-state index in [1.54, 1.807) is 18.7 Å². The van der Waals surface area contributed by atoms with Crippen LogP contribution in [0.4, 0.5) is 5.69 Å². The Hall–Kier alpha value is -3.79. The maximum Gasteiger partial charge on any atom is 0.295 e. The van der Waals surface area contributed by atoms with E-state index in [4.69, 9.17) is 9.15 Å². The van der Waals surface area contributed by atoms with E-state index in [9.17, 15) is 9.59 Å². The van der Waals surface area contributed by atoms with Crippen molar-refractivity contribution in [1.82, 2.24) is 19.6 Å². The van der Waals surface area contributed by atoms with Gasteiger partial charge in [0.2, 0.25) is 5.91 Å². The van der Waals surface area contributed by atoms with Gasteiger partial charge in [0.15, 0.2) is 0 Å². The van der Waals surface area contributed by atoms with Gasteiger partial charge in [-0.25, -0.2) is 4.68 Å². The van der Waals surface area contributed by atoms with Gasteiger partial charge in [-0.15, -0.1) is 10.2 Å². The Balaban J connectivity index is 1.38. The molecule has 2 aromatic heterocycles. The maximum atomic E-state index is 12.9. The summed E-state index contributed by atoms with van der Waals surface area (Å²) >= 11 is 1.28. The summed E-state index contributed by atoms with van der Waals surface area (Å²) in [5.41, 5.74) is 2.11. The smallest absolute Gasteiger partial charge is 0.295 e. The van der Waals surface area contributed by atoms with Gasteiger partial charge in [-0.2, -0.15) is 0 Å². The van der Waals surface area contributed by atoms with Crippen LogP contribution in [0.1, 0.15) is 19.0 Å². The summed E-state index contributed by atoms with van der Waals surface area (Å²) in [6.07, 6.45) is 0.178. The van der Waals surface area contributed by atoms with Crippen LogP contribution in [0.2, 0.25) is 0 Å². The minimum Gasteiger partial charge on any atom is -0.493 e. The number of benzene rings is 2. The summed E-state index contributed by atoms with van der Waals surface area (Å²) in [4.78, 5) is 25.5. The molecule has 34 heavy (non-hydrogen) atoms. The predicted octanol–water partition coefficient (Wildman–Crippen LogP) is 4.05. The number of nitrogens with zero attached hydrogens (tertiary/aromatic N) is 4. The van der Waals surface area contributed by atoms with Crippen molar-refractivity contribution in [3.8, 4) is 22.9 Å². The minimum absolute atomic E-state index is 0.178. The number of hydrogen-bond donors (Lipinski definition) is 1. The van der Waals surface area contributed by atoms with E-state index in [1.807, 2.05) is 61.5 Å². The van der Waals surface area contributed by atoms with Crippen LogP contribution in [0.5, 0.6) is 5.75 Å². The Labute approximate surface area is 200 Å². The molecule has 1 amide bonds. The third kappa shape index (κ3) is 4.91. The zero-order valence-corrected chi connectivity index (χ0v) is 20.0. The molecule has 0 aliphatic rings. The highest BCUT2D eigenvalue weighted by molar-refractivity contribution is 7.99. The third-order valence-corrected chi connectivity index (χ3v) is 6.02. The molecule has 0 aliphatic carbocycles. The predicted molar refractivity (Wildman–Crippen MR) is 131 cm³/mol. The number of anilines is 1. The quantitative estimate of drug-likeness (QED) is 0.361. The summed E-state index contributed by atoms with van der Waals surface area (Å²) in [6.45, 7) is 4.23. The summed E-state index contributed by atoms with van der Waals surface area (Å²) in [5.74, 6) is 1.18. The summed E-state index contributed by atoms with van der Waals surface area (Å²) in [7, 11) is 1.78. The molecule has 2 aromatic carbocycles. The summed E-state index contributed by atoms with van der Waals surface area (Å²) < 4.78 is 14.6. The van der Waals surface area contributed by atoms with Gasteiger partial charge in [-0.05, 0) is 38.1 Å². The molecule has 0 radical (unpaired) electrons. The average Bonchev–Trinajstić information content (AvgIpc) is 3.39. The number of thioether (sulfide) groups is 1. The number of amides is 1. The molecule has 0 atom stereocenters. The second-order valence-corrected chi connectivity index (χ2v) is 8.43. The first-order chi connectivity index (χ1) is 16.5. The summed E-state index contributed by atoms with van der Waals surface area (Å²) in [6, 6.07) is 16.7. The Morgan fingerprint density at radius 3 is 2.62 bits per heavy atom. The number of carbonyl (C=O) groups is 1. The molecule has 176 valence electrons.